The minimum atomic E-state index is -3.87. The number of benzene rings is 2. The van der Waals surface area contributed by atoms with Crippen molar-refractivity contribution in [1.29, 1.82) is 0 Å². The number of rotatable bonds is 5. The summed E-state index contributed by atoms with van der Waals surface area (Å²) in [5, 5.41) is 0. The average Bonchev–Trinajstić information content (AvgIpc) is 3.13. The SMILES string of the molecule is COc1ccc(/C=C/C(=O)N2CCN(C(=O)C3=Cc4c(Br)cccc4S3(=O)=O)CC2)cc1OC. The van der Waals surface area contributed by atoms with Gasteiger partial charge in [-0.15, -0.1) is 0 Å². The van der Waals surface area contributed by atoms with E-state index in [-0.39, 0.29) is 28.8 Å². The zero-order valence-electron chi connectivity index (χ0n) is 18.7. The molecule has 0 bridgehead atoms. The van der Waals surface area contributed by atoms with Gasteiger partial charge in [-0.2, -0.15) is 0 Å². The lowest BCUT2D eigenvalue weighted by molar-refractivity contribution is -0.134. The molecule has 2 amide bonds. The maximum Gasteiger partial charge on any atom is 0.265 e. The zero-order chi connectivity index (χ0) is 24.5. The molecule has 2 heterocycles. The summed E-state index contributed by atoms with van der Waals surface area (Å²) in [6.07, 6.45) is 4.57. The predicted octanol–water partition coefficient (Wildman–Crippen LogP) is 2.98. The number of methoxy groups -OCH3 is 2. The molecule has 2 aromatic rings. The molecule has 0 N–H and O–H groups in total. The lowest BCUT2D eigenvalue weighted by atomic mass is 10.2. The van der Waals surface area contributed by atoms with E-state index in [9.17, 15) is 18.0 Å². The van der Waals surface area contributed by atoms with Crippen LogP contribution in [0.1, 0.15) is 11.1 Å². The minimum Gasteiger partial charge on any atom is -0.493 e. The number of amides is 2. The van der Waals surface area contributed by atoms with Crippen LogP contribution in [0.25, 0.3) is 12.2 Å². The van der Waals surface area contributed by atoms with Gasteiger partial charge >= 0.3 is 0 Å². The second-order valence-corrected chi connectivity index (χ2v) is 10.5. The van der Waals surface area contributed by atoms with Crippen molar-refractivity contribution in [3.8, 4) is 11.5 Å². The fourth-order valence-corrected chi connectivity index (χ4v) is 6.11. The van der Waals surface area contributed by atoms with E-state index in [1.807, 2.05) is 6.07 Å². The van der Waals surface area contributed by atoms with E-state index < -0.39 is 15.7 Å². The molecule has 2 aliphatic rings. The molecule has 8 nitrogen and oxygen atoms in total. The molecule has 1 saturated heterocycles. The molecule has 0 spiro atoms. The number of fused-ring (bicyclic) bond motifs is 1. The summed E-state index contributed by atoms with van der Waals surface area (Å²) in [6.45, 7) is 1.12. The first-order valence-electron chi connectivity index (χ1n) is 10.5. The van der Waals surface area contributed by atoms with Crippen LogP contribution < -0.4 is 9.47 Å². The summed E-state index contributed by atoms with van der Waals surface area (Å²) in [5.41, 5.74) is 1.27. The highest BCUT2D eigenvalue weighted by Crippen LogP contribution is 2.37. The van der Waals surface area contributed by atoms with Gasteiger partial charge < -0.3 is 19.3 Å². The second kappa shape index (κ2) is 9.63. The van der Waals surface area contributed by atoms with Crippen LogP contribution in [0.5, 0.6) is 11.5 Å². The second-order valence-electron chi connectivity index (χ2n) is 7.73. The molecule has 10 heteroatoms. The van der Waals surface area contributed by atoms with Crippen molar-refractivity contribution in [1.82, 2.24) is 9.80 Å². The maximum absolute atomic E-state index is 13.0. The molecule has 2 aromatic carbocycles. The molecular formula is C24H23BrN2O6S. The largest absolute Gasteiger partial charge is 0.493 e. The van der Waals surface area contributed by atoms with Crippen LogP contribution in [-0.4, -0.2) is 70.4 Å². The summed E-state index contributed by atoms with van der Waals surface area (Å²) in [6, 6.07) is 10.2. The van der Waals surface area contributed by atoms with E-state index >= 15 is 0 Å². The Morgan fingerprint density at radius 3 is 2.29 bits per heavy atom. The third-order valence-corrected chi connectivity index (χ3v) is 8.28. The Morgan fingerprint density at radius 2 is 1.65 bits per heavy atom. The number of nitrogens with zero attached hydrogens (tertiary/aromatic N) is 2. The van der Waals surface area contributed by atoms with Crippen LogP contribution in [0.15, 0.2) is 56.7 Å². The third kappa shape index (κ3) is 4.47. The maximum atomic E-state index is 13.0. The van der Waals surface area contributed by atoms with E-state index in [1.165, 1.54) is 23.1 Å². The van der Waals surface area contributed by atoms with Gasteiger partial charge in [0, 0.05) is 42.3 Å². The Morgan fingerprint density at radius 1 is 0.971 bits per heavy atom. The van der Waals surface area contributed by atoms with E-state index in [0.29, 0.717) is 34.6 Å². The van der Waals surface area contributed by atoms with E-state index in [4.69, 9.17) is 9.47 Å². The monoisotopic (exact) mass is 546 g/mol. The molecule has 2 aliphatic heterocycles. The van der Waals surface area contributed by atoms with Crippen molar-refractivity contribution < 1.29 is 27.5 Å². The van der Waals surface area contributed by atoms with Gasteiger partial charge in [0.15, 0.2) is 11.5 Å². The van der Waals surface area contributed by atoms with Crippen LogP contribution in [0.3, 0.4) is 0 Å². The number of hydrogen-bond acceptors (Lipinski definition) is 6. The first kappa shape index (κ1) is 24.0. The standard InChI is InChI=1S/C24H23BrN2O6S/c1-32-19-8-6-16(14-20(19)33-2)7-9-23(28)26-10-12-27(13-11-26)24(29)22-15-17-18(25)4-3-5-21(17)34(22,30)31/h3-9,14-15H,10-13H2,1-2H3/b9-7+. The quantitative estimate of drug-likeness (QED) is 0.535. The molecule has 178 valence electrons. The molecule has 1 fully saturated rings. The van der Waals surface area contributed by atoms with Gasteiger partial charge in [-0.3, -0.25) is 9.59 Å². The fourth-order valence-electron chi connectivity index (χ4n) is 3.91. The van der Waals surface area contributed by atoms with Crippen LogP contribution in [0.4, 0.5) is 0 Å². The van der Waals surface area contributed by atoms with E-state index in [1.54, 1.807) is 49.5 Å². The first-order valence-corrected chi connectivity index (χ1v) is 12.8. The summed E-state index contributed by atoms with van der Waals surface area (Å²) in [7, 11) is -0.772. The van der Waals surface area contributed by atoms with Crippen LogP contribution in [0.2, 0.25) is 0 Å². The lowest BCUT2D eigenvalue weighted by Crippen LogP contribution is -2.50. The van der Waals surface area contributed by atoms with Crippen LogP contribution in [-0.2, 0) is 19.4 Å². The highest BCUT2D eigenvalue weighted by Gasteiger charge is 2.38. The van der Waals surface area contributed by atoms with Gasteiger partial charge in [0.1, 0.15) is 4.91 Å². The Hall–Kier alpha value is -3.11. The average molecular weight is 547 g/mol. The van der Waals surface area contributed by atoms with E-state index in [0.717, 1.165) is 5.56 Å². The molecule has 4 rings (SSSR count). The Kier molecular flexibility index (Phi) is 6.81. The number of carbonyl (C=O) groups is 2. The molecule has 0 aromatic heterocycles. The highest BCUT2D eigenvalue weighted by atomic mass is 79.9. The number of hydrogen-bond donors (Lipinski definition) is 0. The molecule has 0 radical (unpaired) electrons. The van der Waals surface area contributed by atoms with Gasteiger partial charge in [0.25, 0.3) is 5.91 Å². The minimum absolute atomic E-state index is 0.124. The Labute approximate surface area is 206 Å². The smallest absolute Gasteiger partial charge is 0.265 e. The van der Waals surface area contributed by atoms with Gasteiger partial charge in [0.05, 0.1) is 19.1 Å². The molecule has 0 unspecified atom stereocenters. The van der Waals surface area contributed by atoms with Crippen LogP contribution in [0, 0.1) is 0 Å². The molecule has 0 saturated carbocycles. The lowest BCUT2D eigenvalue weighted by Gasteiger charge is -2.34. The molecular weight excluding hydrogens is 524 g/mol. The van der Waals surface area contributed by atoms with Crippen molar-refractivity contribution >= 4 is 49.7 Å². The summed E-state index contributed by atoms with van der Waals surface area (Å²) in [5.74, 6) is 0.429. The number of piperazine rings is 1. The topological polar surface area (TPSA) is 93.2 Å². The fraction of sp³-hybridized carbons (Fsp3) is 0.250. The summed E-state index contributed by atoms with van der Waals surface area (Å²) >= 11 is 3.34. The Balaban J connectivity index is 1.39. The van der Waals surface area contributed by atoms with Crippen molar-refractivity contribution in [2.75, 3.05) is 40.4 Å². The normalized spacial score (nSPS) is 16.9. The van der Waals surface area contributed by atoms with Crippen molar-refractivity contribution in [3.05, 3.63) is 63.0 Å². The number of ether oxygens (including phenoxy) is 2. The molecule has 34 heavy (non-hydrogen) atoms. The van der Waals surface area contributed by atoms with Gasteiger partial charge in [-0.05, 0) is 42.0 Å². The molecule has 0 aliphatic carbocycles. The van der Waals surface area contributed by atoms with Gasteiger partial charge in [-0.1, -0.05) is 28.1 Å². The van der Waals surface area contributed by atoms with E-state index in [2.05, 4.69) is 15.9 Å². The number of carbonyl (C=O) groups excluding carboxylic acids is 2. The summed E-state index contributed by atoms with van der Waals surface area (Å²) in [4.78, 5) is 28.7. The predicted molar refractivity (Wildman–Crippen MR) is 131 cm³/mol. The van der Waals surface area contributed by atoms with Gasteiger partial charge in [0.2, 0.25) is 15.7 Å². The summed E-state index contributed by atoms with van der Waals surface area (Å²) < 4.78 is 36.9. The number of halogens is 1. The highest BCUT2D eigenvalue weighted by molar-refractivity contribution is 9.10. The number of sulfone groups is 1. The third-order valence-electron chi connectivity index (χ3n) is 5.78. The first-order chi connectivity index (χ1) is 16.3. The van der Waals surface area contributed by atoms with Crippen molar-refractivity contribution in [2.45, 2.75) is 4.90 Å². The zero-order valence-corrected chi connectivity index (χ0v) is 21.1. The van der Waals surface area contributed by atoms with Crippen molar-refractivity contribution in [2.24, 2.45) is 0 Å². The van der Waals surface area contributed by atoms with Crippen LogP contribution >= 0.6 is 15.9 Å². The van der Waals surface area contributed by atoms with Gasteiger partial charge in [-0.25, -0.2) is 8.42 Å². The molecule has 0 atom stereocenters. The van der Waals surface area contributed by atoms with Crippen molar-refractivity contribution in [3.63, 3.8) is 0 Å². The Bertz CT molecular complexity index is 1310.